The first-order valence-electron chi connectivity index (χ1n) is 17.5. The maximum Gasteiger partial charge on any atom is 0.180 e. The van der Waals surface area contributed by atoms with E-state index in [2.05, 4.69) is 48.9 Å². The summed E-state index contributed by atoms with van der Waals surface area (Å²) in [6.45, 7) is 6.93. The highest BCUT2D eigenvalue weighted by Crippen LogP contribution is 2.53. The van der Waals surface area contributed by atoms with Crippen LogP contribution in [0.5, 0.6) is 23.0 Å². The van der Waals surface area contributed by atoms with E-state index in [-0.39, 0.29) is 0 Å². The fourth-order valence-corrected chi connectivity index (χ4v) is 11.9. The topological polar surface area (TPSA) is 62.7 Å². The average Bonchev–Trinajstić information content (AvgIpc) is 3.97. The number of hydrogen-bond acceptors (Lipinski definition) is 11. The van der Waals surface area contributed by atoms with Gasteiger partial charge in [0.15, 0.2) is 23.0 Å². The van der Waals surface area contributed by atoms with Crippen LogP contribution in [0.4, 0.5) is 0 Å². The van der Waals surface area contributed by atoms with Gasteiger partial charge >= 0.3 is 0 Å². The van der Waals surface area contributed by atoms with Gasteiger partial charge < -0.3 is 18.9 Å². The summed E-state index contributed by atoms with van der Waals surface area (Å²) in [5.41, 5.74) is 7.02. The number of aromatic nitrogens is 2. The maximum atomic E-state index is 6.15. The van der Waals surface area contributed by atoms with Crippen molar-refractivity contribution in [3.63, 3.8) is 0 Å². The van der Waals surface area contributed by atoms with Crippen molar-refractivity contribution in [1.82, 2.24) is 8.75 Å². The van der Waals surface area contributed by atoms with Gasteiger partial charge in [-0.15, -0.1) is 45.3 Å². The minimum atomic E-state index is 0.591. The number of nitrogens with zero attached hydrogens (tertiary/aromatic N) is 2. The lowest BCUT2D eigenvalue weighted by atomic mass is 10.0. The van der Waals surface area contributed by atoms with E-state index < -0.39 is 0 Å². The largest absolute Gasteiger partial charge is 0.485 e. The van der Waals surface area contributed by atoms with E-state index in [4.69, 9.17) is 27.7 Å². The third-order valence-electron chi connectivity index (χ3n) is 9.18. The van der Waals surface area contributed by atoms with E-state index in [1.165, 1.54) is 103 Å². The van der Waals surface area contributed by atoms with Crippen LogP contribution in [0.1, 0.15) is 76.3 Å². The van der Waals surface area contributed by atoms with Crippen LogP contribution in [0.25, 0.3) is 51.4 Å². The molecule has 0 radical (unpaired) electrons. The van der Waals surface area contributed by atoms with Gasteiger partial charge in [-0.25, -0.2) is 0 Å². The second kappa shape index (κ2) is 15.1. The predicted molar refractivity (Wildman–Crippen MR) is 208 cm³/mol. The number of benzene rings is 1. The van der Waals surface area contributed by atoms with E-state index in [0.717, 1.165) is 58.0 Å². The molecule has 49 heavy (non-hydrogen) atoms. The lowest BCUT2D eigenvalue weighted by molar-refractivity contribution is 0.174. The first-order chi connectivity index (χ1) is 24.2. The molecule has 256 valence electrons. The van der Waals surface area contributed by atoms with Crippen molar-refractivity contribution in [2.45, 2.75) is 78.1 Å². The molecule has 0 atom stereocenters. The lowest BCUT2D eigenvalue weighted by Crippen LogP contribution is -2.14. The van der Waals surface area contributed by atoms with Crippen molar-refractivity contribution >= 4 is 68.1 Å². The second-order valence-corrected chi connectivity index (χ2v) is 17.0. The minimum absolute atomic E-state index is 0.591. The molecule has 0 unspecified atom stereocenters. The monoisotopic (exact) mass is 748 g/mol. The molecule has 8 rings (SSSR count). The molecule has 5 aromatic heterocycles. The summed E-state index contributed by atoms with van der Waals surface area (Å²) in [5.74, 6) is 3.54. The molecule has 6 nitrogen and oxygen atoms in total. The average molecular weight is 749 g/mol. The summed E-state index contributed by atoms with van der Waals surface area (Å²) in [6.07, 6.45) is 12.0. The Balaban J connectivity index is 1.17. The fraction of sp³-hybridized carbons (Fsp3) is 0.421. The summed E-state index contributed by atoms with van der Waals surface area (Å²) >= 11 is 8.46. The highest BCUT2D eigenvalue weighted by atomic mass is 32.1. The van der Waals surface area contributed by atoms with Gasteiger partial charge in [0, 0.05) is 31.6 Å². The Bertz CT molecular complexity index is 1910. The van der Waals surface area contributed by atoms with E-state index in [1.807, 2.05) is 22.7 Å². The zero-order chi connectivity index (χ0) is 33.2. The fourth-order valence-electron chi connectivity index (χ4n) is 6.67. The van der Waals surface area contributed by atoms with Crippen molar-refractivity contribution in [2.75, 3.05) is 26.4 Å². The van der Waals surface area contributed by atoms with Crippen molar-refractivity contribution in [2.24, 2.45) is 0 Å². The van der Waals surface area contributed by atoms with Crippen LogP contribution in [0.3, 0.4) is 0 Å². The molecule has 0 aliphatic carbocycles. The molecular formula is C38H40N2O4S5. The molecule has 11 heteroatoms. The molecule has 0 N–H and O–H groups in total. The SMILES string of the molecule is CCCCCCc1cc(-c2ccc(-c3cc(CCCCCC)c(-c4scc5c4OCCO5)s3)c3nsnc23)sc1-c1scc2c1OCCO2. The molecule has 0 bridgehead atoms. The molecular weight excluding hydrogens is 709 g/mol. The van der Waals surface area contributed by atoms with Gasteiger partial charge in [-0.2, -0.15) is 8.75 Å². The van der Waals surface area contributed by atoms with Crippen LogP contribution in [0, 0.1) is 0 Å². The van der Waals surface area contributed by atoms with Crippen LogP contribution in [-0.2, 0) is 12.8 Å². The zero-order valence-corrected chi connectivity index (χ0v) is 32.0. The molecule has 0 saturated carbocycles. The van der Waals surface area contributed by atoms with Gasteiger partial charge in [-0.3, -0.25) is 0 Å². The first-order valence-corrected chi connectivity index (χ1v) is 21.6. The normalized spacial score (nSPS) is 13.8. The molecule has 2 aliphatic heterocycles. The van der Waals surface area contributed by atoms with Gasteiger partial charge in [-0.1, -0.05) is 64.5 Å². The standard InChI is InChI=1S/C38H40N2O4S5/c1-3-5-7-9-11-23-19-29(47-35(23)37-33-27(21-45-37)41-15-17-43-33)25-13-14-26(32-31(25)39-49-40-32)30-20-24(12-10-8-6-4-2)36(48-30)38-34-28(22-46-38)42-16-18-44-34/h13-14,19-22H,3-12,15-18H2,1-2H3. The van der Waals surface area contributed by atoms with Crippen LogP contribution in [-0.4, -0.2) is 35.2 Å². The highest BCUT2D eigenvalue weighted by molar-refractivity contribution is 7.24. The number of aryl methyl sites for hydroxylation is 2. The summed E-state index contributed by atoms with van der Waals surface area (Å²) in [5, 5.41) is 4.19. The summed E-state index contributed by atoms with van der Waals surface area (Å²) in [6, 6.07) is 9.33. The molecule has 0 spiro atoms. The summed E-state index contributed by atoms with van der Waals surface area (Å²) < 4.78 is 34.0. The summed E-state index contributed by atoms with van der Waals surface area (Å²) in [4.78, 5) is 7.42. The Morgan fingerprint density at radius 2 is 1.04 bits per heavy atom. The maximum absolute atomic E-state index is 6.15. The van der Waals surface area contributed by atoms with E-state index in [1.54, 1.807) is 22.7 Å². The van der Waals surface area contributed by atoms with Crippen molar-refractivity contribution in [3.8, 4) is 63.4 Å². The van der Waals surface area contributed by atoms with Crippen LogP contribution >= 0.6 is 57.1 Å². The number of fused-ring (bicyclic) bond motifs is 3. The Morgan fingerprint density at radius 3 is 1.51 bits per heavy atom. The van der Waals surface area contributed by atoms with Crippen molar-refractivity contribution in [3.05, 3.63) is 46.2 Å². The smallest absolute Gasteiger partial charge is 0.180 e. The van der Waals surface area contributed by atoms with Crippen LogP contribution in [0.15, 0.2) is 35.0 Å². The Labute approximate surface area is 308 Å². The zero-order valence-electron chi connectivity index (χ0n) is 27.9. The van der Waals surface area contributed by atoms with Crippen LogP contribution < -0.4 is 18.9 Å². The lowest BCUT2D eigenvalue weighted by Gasteiger charge is -2.16. The third-order valence-corrected chi connectivity index (χ3v) is 14.3. The first kappa shape index (κ1) is 33.2. The third kappa shape index (κ3) is 6.65. The molecule has 0 saturated heterocycles. The van der Waals surface area contributed by atoms with Gasteiger partial charge in [0.1, 0.15) is 37.5 Å². The van der Waals surface area contributed by atoms with Crippen molar-refractivity contribution < 1.29 is 18.9 Å². The Morgan fingerprint density at radius 1 is 0.571 bits per heavy atom. The molecule has 0 amide bonds. The molecule has 1 aromatic carbocycles. The number of unbranched alkanes of at least 4 members (excludes halogenated alkanes) is 6. The number of rotatable bonds is 14. The quantitative estimate of drug-likeness (QED) is 0.103. The van der Waals surface area contributed by atoms with E-state index in [9.17, 15) is 0 Å². The van der Waals surface area contributed by atoms with E-state index >= 15 is 0 Å². The number of thiophene rings is 4. The Hall–Kier alpha value is -2.96. The van der Waals surface area contributed by atoms with Gasteiger partial charge in [0.2, 0.25) is 0 Å². The van der Waals surface area contributed by atoms with Gasteiger partial charge in [-0.05, 0) is 48.9 Å². The van der Waals surface area contributed by atoms with Crippen LogP contribution in [0.2, 0.25) is 0 Å². The van der Waals surface area contributed by atoms with E-state index in [0.29, 0.717) is 26.4 Å². The van der Waals surface area contributed by atoms with Crippen molar-refractivity contribution in [1.29, 1.82) is 0 Å². The number of ether oxygens (including phenoxy) is 4. The molecule has 2 aliphatic rings. The molecule has 7 heterocycles. The predicted octanol–water partition coefficient (Wildman–Crippen LogP) is 12.4. The molecule has 6 aromatic rings. The Kier molecular flexibility index (Phi) is 10.2. The van der Waals surface area contributed by atoms with Gasteiger partial charge in [0.25, 0.3) is 0 Å². The summed E-state index contributed by atoms with van der Waals surface area (Å²) in [7, 11) is 0. The highest BCUT2D eigenvalue weighted by Gasteiger charge is 2.27. The van der Waals surface area contributed by atoms with Gasteiger partial charge in [0.05, 0.1) is 31.2 Å². The second-order valence-electron chi connectivity index (χ2n) is 12.6. The number of hydrogen-bond donors (Lipinski definition) is 0. The minimum Gasteiger partial charge on any atom is -0.485 e. The molecule has 0 fully saturated rings.